The Morgan fingerprint density at radius 3 is 0.778 bits per heavy atom. The van der Waals surface area contributed by atoms with E-state index in [1.54, 1.807) is 0 Å². The second-order valence-corrected chi connectivity index (χ2v) is 1.34. The average molecular weight is 234 g/mol. The zero-order valence-electron chi connectivity index (χ0n) is 6.79. The minimum Gasteiger partial charge on any atom is -0.312 e. The molecule has 0 aliphatic carbocycles. The van der Waals surface area contributed by atoms with Crippen LogP contribution in [0.1, 0.15) is 0 Å². The minimum absolute atomic E-state index is 0. The smallest absolute Gasteiger partial charge is 0.0903 e. The molecule has 0 saturated heterocycles. The van der Waals surface area contributed by atoms with Crippen LogP contribution in [-0.2, 0) is 0 Å². The van der Waals surface area contributed by atoms with Crippen LogP contribution in [0.4, 0.5) is 0 Å². The number of rotatable bonds is 0. The topological polar surface area (TPSA) is 3.24 Å². The van der Waals surface area contributed by atoms with Crippen molar-refractivity contribution in [3.05, 3.63) is 0 Å². The molecular weight excluding hydrogens is 213 g/mol. The quantitative estimate of drug-likeness (QED) is 0.388. The second kappa shape index (κ2) is 34.8. The molecule has 0 aliphatic rings. The highest BCUT2D eigenvalue weighted by Gasteiger charge is 1.58. The third kappa shape index (κ3) is 306. The molecule has 0 unspecified atom stereocenters. The van der Waals surface area contributed by atoms with Crippen molar-refractivity contribution in [2.75, 3.05) is 21.1 Å². The highest BCUT2D eigenvalue weighted by atomic mass is 35.5. The van der Waals surface area contributed by atoms with E-state index in [9.17, 15) is 0 Å². The first kappa shape index (κ1) is 31.8. The van der Waals surface area contributed by atoms with Gasteiger partial charge in [-0.1, -0.05) is 0 Å². The van der Waals surface area contributed by atoms with Crippen LogP contribution in [0.5, 0.6) is 0 Å². The molecule has 0 radical (unpaired) electrons. The highest BCUT2D eigenvalue weighted by Crippen LogP contribution is 1.47. The van der Waals surface area contributed by atoms with Crippen molar-refractivity contribution in [2.45, 2.75) is 0 Å². The van der Waals surface area contributed by atoms with Crippen molar-refractivity contribution in [3.8, 4) is 0 Å². The van der Waals surface area contributed by atoms with Crippen LogP contribution in [0.2, 0.25) is 0 Å². The number of hydrogen-bond acceptors (Lipinski definition) is 1. The van der Waals surface area contributed by atoms with Gasteiger partial charge in [-0.3, -0.25) is 0 Å². The molecule has 0 amide bonds. The number of halogens is 3. The summed E-state index contributed by atoms with van der Waals surface area (Å²) in [6.45, 7) is 0. The van der Waals surface area contributed by atoms with E-state index in [0.717, 1.165) is 0 Å². The zero-order valence-corrected chi connectivity index (χ0v) is 13.5. The van der Waals surface area contributed by atoms with Gasteiger partial charge in [-0.25, -0.2) is 0 Å². The lowest BCUT2D eigenvalue weighted by Gasteiger charge is -1.90. The Labute approximate surface area is 82.8 Å². The van der Waals surface area contributed by atoms with Crippen molar-refractivity contribution in [2.24, 2.45) is 0 Å². The van der Waals surface area contributed by atoms with Gasteiger partial charge in [0.05, 0.1) is 37.2 Å². The zero-order chi connectivity index (χ0) is 5.58. The first-order chi connectivity index (χ1) is 2.73. The first-order valence-electron chi connectivity index (χ1n) is 2.34. The molecule has 0 heterocycles. The predicted octanol–water partition coefficient (Wildman–Crippen LogP) is -3.80. The monoisotopic (exact) mass is 232 g/mol. The van der Waals surface area contributed by atoms with Gasteiger partial charge in [0.25, 0.3) is 0 Å². The highest BCUT2D eigenvalue weighted by molar-refractivity contribution is 6.75. The molecule has 0 aliphatic heterocycles. The van der Waals surface area contributed by atoms with Crippen LogP contribution < -0.4 is 0 Å². The van der Waals surface area contributed by atoms with E-state index >= 15 is 0 Å². The fourth-order valence-electron chi connectivity index (χ4n) is 0. The molecule has 0 aromatic heterocycles. The Kier molecular flexibility index (Phi) is 123. The lowest BCUT2D eigenvalue weighted by atomic mass is 11.0. The minimum atomic E-state index is 0. The molecule has 0 aromatic rings. The summed E-state index contributed by atoms with van der Waals surface area (Å²) in [5.41, 5.74) is 0. The summed E-state index contributed by atoms with van der Waals surface area (Å²) < 4.78 is 0. The lowest BCUT2D eigenvalue weighted by molar-refractivity contribution is -0.00100. The maximum atomic E-state index is 2.00. The normalized spacial score (nSPS) is 5.33. The van der Waals surface area contributed by atoms with E-state index in [-0.39, 0.29) is 37.2 Å². The molecule has 0 fully saturated rings. The third-order valence-electron chi connectivity index (χ3n) is 0. The molecule has 0 rings (SSSR count). The van der Waals surface area contributed by atoms with Crippen molar-refractivity contribution >= 4 is 19.5 Å². The van der Waals surface area contributed by atoms with Crippen molar-refractivity contribution in [1.82, 2.24) is 4.90 Å². The Morgan fingerprint density at radius 1 is 0.778 bits per heavy atom. The van der Waals surface area contributed by atoms with Gasteiger partial charge >= 0.3 is 0 Å². The Morgan fingerprint density at radius 2 is 0.778 bits per heavy atom. The molecule has 0 bridgehead atoms. The summed E-state index contributed by atoms with van der Waals surface area (Å²) in [4.78, 5) is 2.00. The molecule has 0 spiro atoms. The van der Waals surface area contributed by atoms with Crippen molar-refractivity contribution in [1.29, 1.82) is 0 Å². The largest absolute Gasteiger partial charge is 0.312 e. The fourth-order valence-corrected chi connectivity index (χ4v) is 0. The summed E-state index contributed by atoms with van der Waals surface area (Å²) in [5.74, 6) is 0. The molecular formula is C3H21Cl3NSi2+3. The Balaban J connectivity index is -0.00000000990. The standard InChI is InChI=1S/C3H9N.3ClH2.H6Si2/c1-4(2)3;;;;1-2/h1-3H3;3*1H2;1-2H3/q;3*+1;. The van der Waals surface area contributed by atoms with Gasteiger partial charge in [-0.2, -0.15) is 0 Å². The lowest BCUT2D eigenvalue weighted by Crippen LogP contribution is -1.99. The van der Waals surface area contributed by atoms with Gasteiger partial charge in [0.2, 0.25) is 0 Å². The van der Waals surface area contributed by atoms with E-state index in [1.807, 2.05) is 26.0 Å². The molecule has 0 atom stereocenters. The Hall–Kier alpha value is 1.26. The van der Waals surface area contributed by atoms with Gasteiger partial charge in [-0.05, 0) is 40.7 Å². The third-order valence-corrected chi connectivity index (χ3v) is 0. The van der Waals surface area contributed by atoms with E-state index in [0.29, 0.717) is 0 Å². The van der Waals surface area contributed by atoms with Gasteiger partial charge in [-0.15, -0.1) is 0 Å². The van der Waals surface area contributed by atoms with E-state index < -0.39 is 0 Å². The van der Waals surface area contributed by atoms with Gasteiger partial charge in [0.1, 0.15) is 0 Å². The van der Waals surface area contributed by atoms with Crippen molar-refractivity contribution < 1.29 is 37.2 Å². The average Bonchev–Trinajstić information content (AvgIpc) is 1.41. The summed E-state index contributed by atoms with van der Waals surface area (Å²) in [6.07, 6.45) is 0. The summed E-state index contributed by atoms with van der Waals surface area (Å²) in [5, 5.41) is 0. The first-order valence-corrected chi connectivity index (χ1v) is 10.3. The molecule has 1 nitrogen and oxygen atoms in total. The van der Waals surface area contributed by atoms with E-state index in [1.165, 1.54) is 19.5 Å². The maximum absolute atomic E-state index is 2.00. The SMILES string of the molecule is CN(C)C.[ClH2+].[ClH2+].[ClH2+].[SiH3][SiH3]. The van der Waals surface area contributed by atoms with Gasteiger partial charge in [0.15, 0.2) is 0 Å². The summed E-state index contributed by atoms with van der Waals surface area (Å²) in [6, 6.07) is 0. The number of hydrogen-bond donors (Lipinski definition) is 0. The van der Waals surface area contributed by atoms with Gasteiger partial charge < -0.3 is 4.90 Å². The van der Waals surface area contributed by atoms with E-state index in [4.69, 9.17) is 0 Å². The summed E-state index contributed by atoms with van der Waals surface area (Å²) in [7, 11) is 8.89. The van der Waals surface area contributed by atoms with Crippen molar-refractivity contribution in [3.63, 3.8) is 0 Å². The number of nitrogens with zero attached hydrogens (tertiary/aromatic N) is 1. The van der Waals surface area contributed by atoms with Gasteiger partial charge in [0, 0.05) is 0 Å². The predicted molar refractivity (Wildman–Crippen MR) is 47.9 cm³/mol. The molecule has 6 heteroatoms. The van der Waals surface area contributed by atoms with Crippen LogP contribution in [0.15, 0.2) is 0 Å². The van der Waals surface area contributed by atoms with Crippen LogP contribution in [0, 0.1) is 37.2 Å². The van der Waals surface area contributed by atoms with E-state index in [2.05, 4.69) is 0 Å². The molecule has 64 valence electrons. The summed E-state index contributed by atoms with van der Waals surface area (Å²) >= 11 is 0. The fraction of sp³-hybridized carbons (Fsp3) is 1.00. The maximum Gasteiger partial charge on any atom is 0.0903 e. The molecule has 0 aromatic carbocycles. The van der Waals surface area contributed by atoms with Crippen LogP contribution in [0.3, 0.4) is 0 Å². The second-order valence-electron chi connectivity index (χ2n) is 1.34. The van der Waals surface area contributed by atoms with Crippen LogP contribution >= 0.6 is 0 Å². The van der Waals surface area contributed by atoms with Crippen LogP contribution in [-0.4, -0.2) is 45.6 Å². The Bertz CT molecular complexity index is 21.8. The molecule has 0 saturated carbocycles. The molecule has 0 N–H and O–H groups in total. The van der Waals surface area contributed by atoms with Crippen LogP contribution in [0.25, 0.3) is 0 Å². The molecule has 9 heavy (non-hydrogen) atoms.